The maximum absolute atomic E-state index is 14.1. The number of halogens is 1. The number of hydrogen-bond donors (Lipinski definition) is 1. The van der Waals surface area contributed by atoms with E-state index >= 15 is 0 Å². The number of aryl methyl sites for hydroxylation is 1. The van der Waals surface area contributed by atoms with E-state index in [1.54, 1.807) is 48.5 Å². The Kier molecular flexibility index (Phi) is 11.2. The molecule has 3 aromatic rings. The second kappa shape index (κ2) is 14.3. The summed E-state index contributed by atoms with van der Waals surface area (Å²) in [6.45, 7) is 7.28. The molecule has 2 atom stereocenters. The fourth-order valence-electron chi connectivity index (χ4n) is 4.32. The standard InChI is InChI=1S/C31H38ClN3O4S/c1-5-23(4)33-31(37)29(7-3)34(21-25-13-11-12-16-28(25)32)30(36)22-35(26-19-17-24(6-2)18-20-26)40(38,39)27-14-9-8-10-15-27/h8-20,23,29H,5-7,21-22H2,1-4H3,(H,33,37)/t23-,29-/m1/s1. The summed E-state index contributed by atoms with van der Waals surface area (Å²) in [6.07, 6.45) is 1.87. The average Bonchev–Trinajstić information content (AvgIpc) is 2.97. The van der Waals surface area contributed by atoms with Crippen molar-refractivity contribution in [3.05, 3.63) is 95.0 Å². The lowest BCUT2D eigenvalue weighted by Gasteiger charge is -2.34. The first kappa shape index (κ1) is 31.2. The van der Waals surface area contributed by atoms with Crippen molar-refractivity contribution >= 4 is 39.1 Å². The minimum absolute atomic E-state index is 0.0545. The van der Waals surface area contributed by atoms with Crippen LogP contribution in [0.1, 0.15) is 51.7 Å². The quantitative estimate of drug-likeness (QED) is 0.275. The number of anilines is 1. The fourth-order valence-corrected chi connectivity index (χ4v) is 5.95. The van der Waals surface area contributed by atoms with Crippen LogP contribution in [-0.2, 0) is 32.6 Å². The molecule has 0 bridgehead atoms. The Balaban J connectivity index is 2.06. The van der Waals surface area contributed by atoms with Gasteiger partial charge in [0, 0.05) is 17.6 Å². The van der Waals surface area contributed by atoms with Gasteiger partial charge in [0.25, 0.3) is 10.0 Å². The largest absolute Gasteiger partial charge is 0.352 e. The molecule has 0 spiro atoms. The predicted octanol–water partition coefficient (Wildman–Crippen LogP) is 5.82. The lowest BCUT2D eigenvalue weighted by atomic mass is 10.1. The molecule has 0 saturated carbocycles. The first-order valence-corrected chi connectivity index (χ1v) is 15.4. The van der Waals surface area contributed by atoms with Gasteiger partial charge in [-0.25, -0.2) is 8.42 Å². The van der Waals surface area contributed by atoms with E-state index < -0.39 is 28.5 Å². The van der Waals surface area contributed by atoms with E-state index in [0.717, 1.165) is 22.7 Å². The van der Waals surface area contributed by atoms with Gasteiger partial charge < -0.3 is 10.2 Å². The van der Waals surface area contributed by atoms with Crippen molar-refractivity contribution in [3.8, 4) is 0 Å². The maximum Gasteiger partial charge on any atom is 0.264 e. The molecule has 2 amide bonds. The maximum atomic E-state index is 14.1. The zero-order valence-electron chi connectivity index (χ0n) is 23.5. The Morgan fingerprint density at radius 2 is 1.50 bits per heavy atom. The minimum Gasteiger partial charge on any atom is -0.352 e. The van der Waals surface area contributed by atoms with E-state index in [9.17, 15) is 18.0 Å². The van der Waals surface area contributed by atoms with E-state index in [1.807, 2.05) is 45.9 Å². The highest BCUT2D eigenvalue weighted by atomic mass is 35.5. The normalized spacial score (nSPS) is 12.8. The van der Waals surface area contributed by atoms with Crippen molar-refractivity contribution < 1.29 is 18.0 Å². The van der Waals surface area contributed by atoms with Crippen LogP contribution in [0.5, 0.6) is 0 Å². The van der Waals surface area contributed by atoms with Gasteiger partial charge in [-0.05, 0) is 67.6 Å². The van der Waals surface area contributed by atoms with Crippen LogP contribution in [0, 0.1) is 0 Å². The number of nitrogens with zero attached hydrogens (tertiary/aromatic N) is 2. The third-order valence-corrected chi connectivity index (χ3v) is 9.08. The minimum atomic E-state index is -4.10. The molecule has 0 aliphatic heterocycles. The summed E-state index contributed by atoms with van der Waals surface area (Å²) in [6, 6.07) is 21.4. The number of carbonyl (C=O) groups is 2. The Morgan fingerprint density at radius 1 is 0.875 bits per heavy atom. The summed E-state index contributed by atoms with van der Waals surface area (Å²) in [5.74, 6) is -0.799. The monoisotopic (exact) mass is 583 g/mol. The molecule has 1 N–H and O–H groups in total. The third kappa shape index (κ3) is 7.64. The molecule has 0 heterocycles. The van der Waals surface area contributed by atoms with E-state index in [4.69, 9.17) is 11.6 Å². The summed E-state index contributed by atoms with van der Waals surface area (Å²) >= 11 is 6.45. The van der Waals surface area contributed by atoms with Gasteiger partial charge >= 0.3 is 0 Å². The molecule has 7 nitrogen and oxygen atoms in total. The molecule has 0 aliphatic rings. The topological polar surface area (TPSA) is 86.8 Å². The van der Waals surface area contributed by atoms with Crippen LogP contribution in [0.25, 0.3) is 0 Å². The van der Waals surface area contributed by atoms with Gasteiger partial charge in [0.05, 0.1) is 10.6 Å². The second-order valence-corrected chi connectivity index (χ2v) is 12.0. The molecule has 3 aromatic carbocycles. The number of nitrogens with one attached hydrogen (secondary N) is 1. The lowest BCUT2D eigenvalue weighted by Crippen LogP contribution is -2.53. The predicted molar refractivity (Wildman–Crippen MR) is 161 cm³/mol. The zero-order valence-corrected chi connectivity index (χ0v) is 25.1. The van der Waals surface area contributed by atoms with Gasteiger partial charge in [0.1, 0.15) is 12.6 Å². The van der Waals surface area contributed by atoms with E-state index in [1.165, 1.54) is 17.0 Å². The van der Waals surface area contributed by atoms with Crippen LogP contribution >= 0.6 is 11.6 Å². The number of benzene rings is 3. The molecule has 0 unspecified atom stereocenters. The molecule has 9 heteroatoms. The SMILES string of the molecule is CCc1ccc(N(CC(=O)N(Cc2ccccc2Cl)[C@H](CC)C(=O)N[C@H](C)CC)S(=O)(=O)c2ccccc2)cc1. The molecule has 0 aliphatic carbocycles. The van der Waals surface area contributed by atoms with Gasteiger partial charge in [-0.3, -0.25) is 13.9 Å². The van der Waals surface area contributed by atoms with Crippen LogP contribution in [0.4, 0.5) is 5.69 Å². The Labute approximate surface area is 243 Å². The Morgan fingerprint density at radius 3 is 2.08 bits per heavy atom. The number of carbonyl (C=O) groups excluding carboxylic acids is 2. The first-order chi connectivity index (χ1) is 19.1. The Hall–Kier alpha value is -3.36. The molecular formula is C31H38ClN3O4S. The average molecular weight is 584 g/mol. The van der Waals surface area contributed by atoms with E-state index in [-0.39, 0.29) is 23.4 Å². The summed E-state index contributed by atoms with van der Waals surface area (Å²) < 4.78 is 28.9. The van der Waals surface area contributed by atoms with Crippen LogP contribution in [0.3, 0.4) is 0 Å². The van der Waals surface area contributed by atoms with E-state index in [0.29, 0.717) is 22.7 Å². The van der Waals surface area contributed by atoms with Gasteiger partial charge in [0.15, 0.2) is 0 Å². The van der Waals surface area contributed by atoms with Crippen molar-refractivity contribution in [2.45, 2.75) is 70.5 Å². The molecule has 214 valence electrons. The van der Waals surface area contributed by atoms with Crippen molar-refractivity contribution in [2.75, 3.05) is 10.8 Å². The summed E-state index contributed by atoms with van der Waals surface area (Å²) in [7, 11) is -4.10. The summed E-state index contributed by atoms with van der Waals surface area (Å²) in [4.78, 5) is 28.9. The molecule has 40 heavy (non-hydrogen) atoms. The van der Waals surface area contributed by atoms with Gasteiger partial charge in [-0.15, -0.1) is 0 Å². The van der Waals surface area contributed by atoms with Crippen molar-refractivity contribution in [1.82, 2.24) is 10.2 Å². The van der Waals surface area contributed by atoms with Crippen LogP contribution in [0.2, 0.25) is 5.02 Å². The van der Waals surface area contributed by atoms with Crippen molar-refractivity contribution in [3.63, 3.8) is 0 Å². The number of sulfonamides is 1. The zero-order chi connectivity index (χ0) is 29.3. The van der Waals surface area contributed by atoms with Crippen LogP contribution in [-0.4, -0.2) is 43.8 Å². The lowest BCUT2D eigenvalue weighted by molar-refractivity contribution is -0.140. The number of amides is 2. The molecular weight excluding hydrogens is 546 g/mol. The van der Waals surface area contributed by atoms with Crippen LogP contribution < -0.4 is 9.62 Å². The summed E-state index contributed by atoms with van der Waals surface area (Å²) in [5, 5.41) is 3.43. The van der Waals surface area contributed by atoms with Crippen LogP contribution in [0.15, 0.2) is 83.8 Å². The third-order valence-electron chi connectivity index (χ3n) is 6.93. The molecule has 0 radical (unpaired) electrons. The van der Waals surface area contributed by atoms with Crippen molar-refractivity contribution in [1.29, 1.82) is 0 Å². The van der Waals surface area contributed by atoms with E-state index in [2.05, 4.69) is 5.32 Å². The highest BCUT2D eigenvalue weighted by Crippen LogP contribution is 2.26. The summed E-state index contributed by atoms with van der Waals surface area (Å²) in [5.41, 5.74) is 2.07. The molecule has 3 rings (SSSR count). The highest BCUT2D eigenvalue weighted by Gasteiger charge is 2.34. The van der Waals surface area contributed by atoms with Gasteiger partial charge in [-0.1, -0.05) is 80.9 Å². The van der Waals surface area contributed by atoms with Gasteiger partial charge in [-0.2, -0.15) is 0 Å². The molecule has 0 aromatic heterocycles. The highest BCUT2D eigenvalue weighted by molar-refractivity contribution is 7.92. The first-order valence-electron chi connectivity index (χ1n) is 13.6. The fraction of sp³-hybridized carbons (Fsp3) is 0.355. The Bertz CT molecular complexity index is 1380. The molecule has 0 saturated heterocycles. The number of rotatable bonds is 13. The molecule has 0 fully saturated rings. The van der Waals surface area contributed by atoms with Crippen molar-refractivity contribution in [2.24, 2.45) is 0 Å². The van der Waals surface area contributed by atoms with Gasteiger partial charge in [0.2, 0.25) is 11.8 Å². The second-order valence-electron chi connectivity index (χ2n) is 9.70. The number of hydrogen-bond acceptors (Lipinski definition) is 4. The smallest absolute Gasteiger partial charge is 0.264 e.